The summed E-state index contributed by atoms with van der Waals surface area (Å²) in [5, 5.41) is 19.7. The van der Waals surface area contributed by atoms with Crippen LogP contribution in [0, 0.1) is 0 Å². The number of amides is 3. The van der Waals surface area contributed by atoms with Crippen molar-refractivity contribution in [2.45, 2.75) is 110 Å². The van der Waals surface area contributed by atoms with E-state index in [4.69, 9.17) is 145 Å². The number of hydrogen-bond acceptors (Lipinski definition) is 41. The molecule has 6 aromatic rings. The van der Waals surface area contributed by atoms with Crippen LogP contribution in [0.25, 0.3) is 43.9 Å². The molecule has 4 aromatic heterocycles. The van der Waals surface area contributed by atoms with Gasteiger partial charge in [0.15, 0.2) is 0 Å². The van der Waals surface area contributed by atoms with Gasteiger partial charge in [-0.25, -0.2) is 24.7 Å². The second-order valence-electron chi connectivity index (χ2n) is 34.8. The highest BCUT2D eigenvalue weighted by atomic mass is 16.7. The summed E-state index contributed by atoms with van der Waals surface area (Å²) in [6, 6.07) is 12.8. The van der Waals surface area contributed by atoms with E-state index < -0.39 is 29.7 Å². The lowest BCUT2D eigenvalue weighted by molar-refractivity contribution is -0.198. The summed E-state index contributed by atoms with van der Waals surface area (Å²) in [5.74, 6) is -0.504. The standard InChI is InChI=1S/C49H83N7O15.C42H70N6O11.C12H19NO7/c1-3-4-5-44-52-47-42-40-41(6-7-43(42)51-49(50)48(47)53-44)55-12-10-54(11-13-55)14-19-63-20-15-56(45(57)8-17-61-24-27-65-23-22-60-2)16-21-64-26-29-67-31-33-69-35-37-71-39-38-70-36-34-68-32-30-66-28-25-62-18-9-46(58)59;1-2-3-7-38-45-40-36-34-35(8-9-37(36)44-42(43)41(40)46-38)48-13-11-47(12-14-48)15-19-51-16-5-4-6-17-52-20-22-54-24-26-56-28-30-58-32-33-59-31-29-57-27-25-55-23-21-53-18-10-39(49)50;1-17-6-7-19-9-8-18-5-4-12(16)20-13-10(14)2-3-11(13)15/h6-7,40H,3-5,8-39H2,1-2H3,(H2,50,51)(H,52,53)(H,58,59);8-9,34H,2-7,10-33H2,1H3,(H2,43,44)(H,45,46)(H,49,50);2-9H2,1H3. The van der Waals surface area contributed by atoms with Gasteiger partial charge in [-0.1, -0.05) is 26.7 Å². The summed E-state index contributed by atoms with van der Waals surface area (Å²) in [6.07, 6.45) is 9.71. The predicted octanol–water partition coefficient (Wildman–Crippen LogP) is 6.30. The number of nitrogens with zero attached hydrogens (tertiary/aromatic N) is 10. The maximum absolute atomic E-state index is 13.2. The minimum Gasteiger partial charge on any atom is -0.481 e. The summed E-state index contributed by atoms with van der Waals surface area (Å²) in [4.78, 5) is 110. The minimum atomic E-state index is -0.882. The van der Waals surface area contributed by atoms with Crippen LogP contribution in [0.4, 0.5) is 23.0 Å². The highest BCUT2D eigenvalue weighted by Crippen LogP contribution is 2.33. The van der Waals surface area contributed by atoms with E-state index in [1.807, 2.05) is 6.07 Å². The van der Waals surface area contributed by atoms with Crippen molar-refractivity contribution in [3.8, 4) is 0 Å². The van der Waals surface area contributed by atoms with Crippen LogP contribution in [0.1, 0.15) is 109 Å². The Labute approximate surface area is 881 Å². The van der Waals surface area contributed by atoms with Crippen molar-refractivity contribution in [1.29, 1.82) is 0 Å². The number of anilines is 4. The van der Waals surface area contributed by atoms with Gasteiger partial charge >= 0.3 is 17.9 Å². The largest absolute Gasteiger partial charge is 0.481 e. The maximum Gasteiger partial charge on any atom is 0.335 e. The topological polar surface area (TPSA) is 528 Å². The summed E-state index contributed by atoms with van der Waals surface area (Å²) >= 11 is 0. The smallest absolute Gasteiger partial charge is 0.335 e. The van der Waals surface area contributed by atoms with Gasteiger partial charge in [0.1, 0.15) is 45.4 Å². The van der Waals surface area contributed by atoms with E-state index in [0.717, 1.165) is 204 Å². The molecular weight excluding hydrogens is 1960 g/mol. The molecule has 0 bridgehead atoms. The number of nitrogen functional groups attached to an aromatic ring is 2. The molecule has 852 valence electrons. The van der Waals surface area contributed by atoms with Gasteiger partial charge < -0.3 is 165 Å². The number of carbonyl (C=O) groups excluding carboxylic acids is 4. The van der Waals surface area contributed by atoms with Crippen molar-refractivity contribution >= 4 is 103 Å². The van der Waals surface area contributed by atoms with Gasteiger partial charge in [0.05, 0.1) is 327 Å². The average molecular weight is 2130 g/mol. The fourth-order valence-corrected chi connectivity index (χ4v) is 15.1. The Morgan fingerprint density at radius 3 is 0.947 bits per heavy atom. The summed E-state index contributed by atoms with van der Waals surface area (Å²) < 4.78 is 131. The molecule has 9 rings (SSSR count). The van der Waals surface area contributed by atoms with Gasteiger partial charge in [0.2, 0.25) is 5.91 Å². The van der Waals surface area contributed by atoms with Crippen LogP contribution in [-0.4, -0.2) is 492 Å². The summed E-state index contributed by atoms with van der Waals surface area (Å²) in [7, 11) is 3.21. The van der Waals surface area contributed by atoms with Crippen LogP contribution in [0.3, 0.4) is 0 Å². The predicted molar refractivity (Wildman–Crippen MR) is 559 cm³/mol. The highest BCUT2D eigenvalue weighted by molar-refractivity contribution is 6.08. The van der Waals surface area contributed by atoms with E-state index in [1.54, 1.807) is 19.1 Å². The Balaban J connectivity index is 0.000000346. The lowest BCUT2D eigenvalue weighted by atomic mass is 10.1. The normalized spacial score (nSPS) is 13.7. The van der Waals surface area contributed by atoms with Gasteiger partial charge in [-0.15, -0.1) is 5.06 Å². The first-order chi connectivity index (χ1) is 73.6. The van der Waals surface area contributed by atoms with Crippen LogP contribution >= 0.6 is 0 Å². The first-order valence-electron chi connectivity index (χ1n) is 53.2. The monoisotopic (exact) mass is 2130 g/mol. The van der Waals surface area contributed by atoms with E-state index >= 15 is 0 Å². The van der Waals surface area contributed by atoms with Gasteiger partial charge in [-0.05, 0) is 68.5 Å². The van der Waals surface area contributed by atoms with Gasteiger partial charge in [0.25, 0.3) is 11.8 Å². The fourth-order valence-electron chi connectivity index (χ4n) is 15.1. The Morgan fingerprint density at radius 2 is 0.627 bits per heavy atom. The van der Waals surface area contributed by atoms with E-state index in [-0.39, 0.29) is 64.3 Å². The zero-order valence-electron chi connectivity index (χ0n) is 89.3. The Hall–Kier alpha value is -8.62. The molecular formula is C103H172N14O33. The number of hydroxylamine groups is 2. The number of fused-ring (bicyclic) bond motifs is 6. The average Bonchev–Trinajstić information content (AvgIpc) is 1.46. The maximum atomic E-state index is 13.2. The summed E-state index contributed by atoms with van der Waals surface area (Å²) in [5.41, 5.74) is 20.1. The molecule has 3 fully saturated rings. The number of imide groups is 1. The fraction of sp³-hybridized carbons (Fsp3) is 0.748. The molecule has 7 heterocycles. The van der Waals surface area contributed by atoms with Crippen LogP contribution in [0.5, 0.6) is 0 Å². The number of carboxylic acids is 2. The number of piperazine rings is 2. The van der Waals surface area contributed by atoms with Gasteiger partial charge in [-0.3, -0.25) is 33.8 Å². The number of carbonyl (C=O) groups is 6. The number of aromatic nitrogens is 6. The molecule has 0 atom stereocenters. The highest BCUT2D eigenvalue weighted by Gasteiger charge is 2.33. The molecule has 2 aromatic carbocycles. The Morgan fingerprint density at radius 1 is 0.340 bits per heavy atom. The van der Waals surface area contributed by atoms with E-state index in [1.165, 1.54) is 5.69 Å². The first-order valence-corrected chi connectivity index (χ1v) is 53.2. The Kier molecular flexibility index (Phi) is 72.5. The number of aryl methyl sites for hydroxylation is 2. The molecule has 3 saturated heterocycles. The number of ether oxygens (including phenoxy) is 24. The van der Waals surface area contributed by atoms with Crippen molar-refractivity contribution in [1.82, 2.24) is 49.7 Å². The molecule has 0 radical (unpaired) electrons. The molecule has 47 nitrogen and oxygen atoms in total. The van der Waals surface area contributed by atoms with Crippen LogP contribution in [0.15, 0.2) is 36.4 Å². The third kappa shape index (κ3) is 58.1. The zero-order chi connectivity index (χ0) is 107. The van der Waals surface area contributed by atoms with Crippen molar-refractivity contribution in [3.05, 3.63) is 48.0 Å². The number of nitrogens with two attached hydrogens (primary N) is 2. The van der Waals surface area contributed by atoms with Crippen LogP contribution in [0.2, 0.25) is 0 Å². The van der Waals surface area contributed by atoms with E-state index in [0.29, 0.717) is 294 Å². The van der Waals surface area contributed by atoms with Crippen molar-refractivity contribution in [2.24, 2.45) is 0 Å². The second-order valence-corrected chi connectivity index (χ2v) is 34.8. The molecule has 3 aliphatic heterocycles. The number of carboxylic acid groups (broad SMARTS) is 2. The molecule has 0 saturated carbocycles. The first kappa shape index (κ1) is 128. The van der Waals surface area contributed by atoms with E-state index in [2.05, 4.69) is 88.6 Å². The number of imidazole rings is 2. The molecule has 0 unspecified atom stereocenters. The number of aliphatic carboxylic acids is 2. The van der Waals surface area contributed by atoms with Crippen molar-refractivity contribution in [2.75, 3.05) is 418 Å². The van der Waals surface area contributed by atoms with Crippen molar-refractivity contribution in [3.63, 3.8) is 0 Å². The van der Waals surface area contributed by atoms with Crippen LogP contribution < -0.4 is 21.3 Å². The zero-order valence-corrected chi connectivity index (χ0v) is 89.3. The SMILES string of the molecule is CCCCc1nc2c([nH]1)c(N)nc1ccc(N3CCN(CCOCCCCCOCCOCCOCCOCCOCCOCCOCCOCCC(=O)O)CC3)cc12.CCCCc1nc2c([nH]1)c(N)nc1ccc(N3CCN(CCOCCN(CCOCCOCCOCCOCCOCCOCCOCCOCCC(=O)O)C(=O)CCOCCOCCOC)CC3)cc12.COCCOCCOCCC(=O)ON1C(=O)CCC1=O. The number of aromatic amines is 2. The third-order valence-corrected chi connectivity index (χ3v) is 23.4. The second kappa shape index (κ2) is 84.8. The number of rotatable bonds is 93. The molecule has 0 spiro atoms. The number of benzene rings is 2. The minimum absolute atomic E-state index is 0.000961. The number of methoxy groups -OCH3 is 2. The molecule has 3 amide bonds. The molecule has 8 N–H and O–H groups in total. The Bertz CT molecular complexity index is 4490. The van der Waals surface area contributed by atoms with Crippen LogP contribution in [-0.2, 0) is 160 Å². The lowest BCUT2D eigenvalue weighted by Gasteiger charge is -2.36. The lowest BCUT2D eigenvalue weighted by Crippen LogP contribution is -2.47. The number of unbranched alkanes of at least 4 members (excludes halogenated alkanes) is 4. The number of H-pyrrole nitrogens is 2. The van der Waals surface area contributed by atoms with Gasteiger partial charge in [0, 0.05) is 154 Å². The quantitative estimate of drug-likeness (QED) is 0.0180. The molecule has 150 heavy (non-hydrogen) atoms. The molecule has 3 aliphatic rings. The van der Waals surface area contributed by atoms with Gasteiger partial charge in [-0.2, -0.15) is 0 Å². The van der Waals surface area contributed by atoms with E-state index in [9.17, 15) is 28.8 Å². The number of pyridine rings is 2. The van der Waals surface area contributed by atoms with Crippen molar-refractivity contribution < 1.29 is 158 Å². The third-order valence-electron chi connectivity index (χ3n) is 23.4. The number of nitrogens with one attached hydrogen (secondary N) is 2. The molecule has 0 aliphatic carbocycles. The number of hydrogen-bond donors (Lipinski definition) is 6. The summed E-state index contributed by atoms with van der Waals surface area (Å²) in [6.45, 7) is 35.6. The molecule has 47 heteroatoms.